The molecule has 0 unspecified atom stereocenters. The Kier molecular flexibility index (Phi) is 1.56. The minimum atomic E-state index is -3.01. The van der Waals surface area contributed by atoms with Crippen LogP contribution in [0.2, 0.25) is 0 Å². The van der Waals surface area contributed by atoms with Gasteiger partial charge in [0.2, 0.25) is 0 Å². The van der Waals surface area contributed by atoms with Crippen LogP contribution in [0.4, 0.5) is 16.4 Å². The molecule has 0 saturated carbocycles. The first-order valence-electron chi connectivity index (χ1n) is 12.2. The van der Waals surface area contributed by atoms with Crippen molar-refractivity contribution in [1.82, 2.24) is 9.80 Å². The van der Waals surface area contributed by atoms with E-state index < -0.39 is 51.2 Å². The van der Waals surface area contributed by atoms with Crippen LogP contribution in [0.1, 0.15) is 25.5 Å². The monoisotopic (exact) mass is 323 g/mol. The first-order chi connectivity index (χ1) is 15.0. The number of nitrogens with one attached hydrogen (secondary N) is 1. The number of aliphatic imine (C=N–C) groups is 1. The van der Waals surface area contributed by atoms with Crippen molar-refractivity contribution in [2.75, 3.05) is 38.4 Å². The largest absolute Gasteiger partial charge is 0.353 e. The number of nitrogens with zero attached hydrogens (tertiary/aromatic N) is 3. The molecule has 4 rings (SSSR count). The zero-order valence-corrected chi connectivity index (χ0v) is 12.6. The number of para-hydroxylation sites is 2. The molecule has 4 nitrogen and oxygen atoms in total. The van der Waals surface area contributed by atoms with Crippen LogP contribution in [0.3, 0.4) is 0 Å². The van der Waals surface area contributed by atoms with Crippen molar-refractivity contribution in [3.63, 3.8) is 0 Å². The molecule has 2 aliphatic rings. The first kappa shape index (κ1) is 6.34. The molecule has 0 aliphatic carbocycles. The van der Waals surface area contributed by atoms with Crippen LogP contribution in [0.25, 0.3) is 0 Å². The number of anilines is 2. The van der Waals surface area contributed by atoms with E-state index in [0.29, 0.717) is 10.6 Å². The number of amidine groups is 1. The third-order valence-electron chi connectivity index (χ3n) is 3.36. The Labute approximate surface area is 150 Å². The molecule has 0 radical (unpaired) electrons. The molecule has 1 aromatic heterocycles. The fourth-order valence-corrected chi connectivity index (χ4v) is 3.26. The SMILES string of the molecule is [2H]c1c([2H])c([2H])c2c(c1[2H])N=C(N1CC([2H])([2H])N(C([2H])([2H])[2H])C([2H])([2H])C1)c1cc(C)sc1N2. The van der Waals surface area contributed by atoms with Gasteiger partial charge in [0.15, 0.2) is 0 Å². The summed E-state index contributed by atoms with van der Waals surface area (Å²) in [7, 11) is 0. The van der Waals surface area contributed by atoms with Crippen LogP contribution in [0.5, 0.6) is 0 Å². The van der Waals surface area contributed by atoms with Crippen molar-refractivity contribution in [1.29, 1.82) is 0 Å². The van der Waals surface area contributed by atoms with E-state index in [1.54, 1.807) is 6.07 Å². The van der Waals surface area contributed by atoms with Crippen LogP contribution in [-0.4, -0.2) is 48.7 Å². The molecule has 1 fully saturated rings. The van der Waals surface area contributed by atoms with Crippen LogP contribution >= 0.6 is 11.3 Å². The van der Waals surface area contributed by atoms with Crippen LogP contribution in [0, 0.1) is 6.92 Å². The van der Waals surface area contributed by atoms with E-state index in [4.69, 9.17) is 15.1 Å². The third kappa shape index (κ3) is 2.40. The van der Waals surface area contributed by atoms with Gasteiger partial charge in [-0.15, -0.1) is 11.3 Å². The van der Waals surface area contributed by atoms with Crippen molar-refractivity contribution in [3.05, 3.63) is 40.7 Å². The summed E-state index contributed by atoms with van der Waals surface area (Å²) in [6, 6.07) is 0.123. The first-order valence-corrected chi connectivity index (χ1v) is 7.48. The Morgan fingerprint density at radius 2 is 2.18 bits per heavy atom. The van der Waals surface area contributed by atoms with E-state index in [1.807, 2.05) is 6.92 Å². The van der Waals surface area contributed by atoms with Gasteiger partial charge in [-0.1, -0.05) is 12.1 Å². The van der Waals surface area contributed by atoms with E-state index in [0.717, 1.165) is 4.88 Å². The molecule has 0 amide bonds. The molecule has 22 heavy (non-hydrogen) atoms. The summed E-state index contributed by atoms with van der Waals surface area (Å²) < 4.78 is 88.8. The molecular formula is C17H20N4S. The van der Waals surface area contributed by atoms with Crippen LogP contribution in [0.15, 0.2) is 35.2 Å². The van der Waals surface area contributed by atoms with Crippen molar-refractivity contribution in [2.24, 2.45) is 4.99 Å². The standard InChI is InChI=1S/C17H20N4S/c1-12-11-13-16(21-9-7-20(2)8-10-21)18-14-5-3-4-6-15(14)19-17(13)22-12/h3-6,11,19H,7-10H2,1-2H3/i2D3,3D,4D,5D,6D,7D2,8D2. The summed E-state index contributed by atoms with van der Waals surface area (Å²) >= 11 is 1.30. The average Bonchev–Trinajstić information content (AvgIpc) is 2.92. The van der Waals surface area contributed by atoms with Gasteiger partial charge in [0.25, 0.3) is 0 Å². The lowest BCUT2D eigenvalue weighted by Gasteiger charge is -2.34. The Morgan fingerprint density at radius 1 is 1.36 bits per heavy atom. The molecule has 1 N–H and O–H groups in total. The fourth-order valence-electron chi connectivity index (χ4n) is 2.35. The lowest BCUT2D eigenvalue weighted by Crippen LogP contribution is -2.47. The zero-order chi connectivity index (χ0) is 24.7. The number of likely N-dealkylation sites (N-methyl/N-ethyl adjacent to an activating group) is 1. The predicted octanol–water partition coefficient (Wildman–Crippen LogP) is 3.44. The van der Waals surface area contributed by atoms with Crippen LogP contribution < -0.4 is 5.32 Å². The molecule has 0 spiro atoms. The maximum atomic E-state index is 8.33. The van der Waals surface area contributed by atoms with Gasteiger partial charge in [-0.2, -0.15) is 0 Å². The summed E-state index contributed by atoms with van der Waals surface area (Å²) in [5.74, 6) is 0.101. The second kappa shape index (κ2) is 5.41. The number of aryl methyl sites for hydroxylation is 1. The fraction of sp³-hybridized carbons (Fsp3) is 0.353. The predicted molar refractivity (Wildman–Crippen MR) is 94.0 cm³/mol. The molecule has 0 bridgehead atoms. The van der Waals surface area contributed by atoms with Gasteiger partial charge < -0.3 is 15.1 Å². The number of benzene rings is 1. The Balaban J connectivity index is 1.93. The highest BCUT2D eigenvalue weighted by molar-refractivity contribution is 7.16. The van der Waals surface area contributed by atoms with Crippen molar-refractivity contribution in [2.45, 2.75) is 6.92 Å². The Hall–Kier alpha value is -1.85. The smallest absolute Gasteiger partial charge is 0.139 e. The number of piperazine rings is 1. The van der Waals surface area contributed by atoms with E-state index in [2.05, 4.69) is 10.3 Å². The summed E-state index contributed by atoms with van der Waals surface area (Å²) in [4.78, 5) is 6.87. The average molecular weight is 324 g/mol. The molecule has 1 saturated heterocycles. The molecule has 5 heteroatoms. The lowest BCUT2D eigenvalue weighted by molar-refractivity contribution is 0.216. The van der Waals surface area contributed by atoms with E-state index in [9.17, 15) is 0 Å². The quantitative estimate of drug-likeness (QED) is 0.806. The van der Waals surface area contributed by atoms with Crippen LogP contribution in [-0.2, 0) is 0 Å². The Bertz CT molecular complexity index is 1150. The maximum Gasteiger partial charge on any atom is 0.139 e. The second-order valence-electron chi connectivity index (χ2n) is 4.89. The highest BCUT2D eigenvalue weighted by Crippen LogP contribution is 2.39. The number of rotatable bonds is 0. The van der Waals surface area contributed by atoms with Gasteiger partial charge in [0.05, 0.1) is 22.4 Å². The van der Waals surface area contributed by atoms with Crippen molar-refractivity contribution < 1.29 is 15.1 Å². The summed E-state index contributed by atoms with van der Waals surface area (Å²) in [6.07, 6.45) is 0. The van der Waals surface area contributed by atoms with Crippen molar-refractivity contribution >= 4 is 33.5 Å². The number of fused-ring (bicyclic) bond motifs is 2. The maximum absolute atomic E-state index is 8.33. The molecule has 2 aliphatic heterocycles. The topological polar surface area (TPSA) is 30.9 Å². The number of hydrogen-bond acceptors (Lipinski definition) is 5. The highest BCUT2D eigenvalue weighted by Gasteiger charge is 2.25. The molecule has 2 aromatic rings. The minimum Gasteiger partial charge on any atom is -0.353 e. The number of thiophene rings is 1. The summed E-state index contributed by atoms with van der Waals surface area (Å²) in [6.45, 7) is -7.39. The summed E-state index contributed by atoms with van der Waals surface area (Å²) in [5, 5.41) is 3.53. The third-order valence-corrected chi connectivity index (χ3v) is 4.32. The highest BCUT2D eigenvalue weighted by atomic mass is 32.1. The molecule has 114 valence electrons. The van der Waals surface area contributed by atoms with Gasteiger partial charge in [-0.3, -0.25) is 0 Å². The molecule has 1 aromatic carbocycles. The van der Waals surface area contributed by atoms with Crippen molar-refractivity contribution in [3.8, 4) is 0 Å². The second-order valence-corrected chi connectivity index (χ2v) is 6.15. The normalized spacial score (nSPS) is 30.5. The summed E-state index contributed by atoms with van der Waals surface area (Å²) in [5.41, 5.74) is 0.446. The van der Waals surface area contributed by atoms with Gasteiger partial charge >= 0.3 is 0 Å². The van der Waals surface area contributed by atoms with E-state index in [-0.39, 0.29) is 28.2 Å². The van der Waals surface area contributed by atoms with Gasteiger partial charge in [-0.25, -0.2) is 4.99 Å². The zero-order valence-electron chi connectivity index (χ0n) is 22.7. The van der Waals surface area contributed by atoms with Gasteiger partial charge in [0, 0.05) is 40.6 Å². The van der Waals surface area contributed by atoms with Gasteiger partial charge in [0.1, 0.15) is 10.8 Å². The van der Waals surface area contributed by atoms with E-state index >= 15 is 0 Å². The lowest BCUT2D eigenvalue weighted by atomic mass is 10.2. The Morgan fingerprint density at radius 3 is 3.00 bits per heavy atom. The molecular weight excluding hydrogens is 292 g/mol. The molecule has 0 atom stereocenters. The van der Waals surface area contributed by atoms with Gasteiger partial charge in [-0.05, 0) is 32.1 Å². The number of hydrogen-bond donors (Lipinski definition) is 1. The minimum absolute atomic E-state index is 0.0613. The van der Waals surface area contributed by atoms with E-state index in [1.165, 1.54) is 16.2 Å². The molecule has 3 heterocycles.